The third kappa shape index (κ3) is 5.31. The van der Waals surface area contributed by atoms with Crippen LogP contribution in [0.3, 0.4) is 0 Å². The van der Waals surface area contributed by atoms with Crippen LogP contribution >= 0.6 is 12.4 Å². The average molecular weight is 374 g/mol. The molecule has 0 radical (unpaired) electrons. The van der Waals surface area contributed by atoms with Crippen LogP contribution in [0.4, 0.5) is 0 Å². The molecule has 1 aliphatic heterocycles. The molecule has 3 rings (SSSR count). The highest BCUT2D eigenvalue weighted by Crippen LogP contribution is 2.14. The number of carbonyl (C=O) groups excluding carboxylic acids is 1. The Hall–Kier alpha value is -1.88. The second-order valence-electron chi connectivity index (χ2n) is 6.91. The molecule has 4 nitrogen and oxygen atoms in total. The van der Waals surface area contributed by atoms with Gasteiger partial charge < -0.3 is 10.2 Å². The summed E-state index contributed by atoms with van der Waals surface area (Å²) in [5.74, 6) is 0.140. The van der Waals surface area contributed by atoms with Gasteiger partial charge in [-0.1, -0.05) is 42.5 Å². The Labute approximate surface area is 162 Å². The lowest BCUT2D eigenvalue weighted by Gasteiger charge is -2.34. The zero-order valence-corrected chi connectivity index (χ0v) is 16.3. The molecule has 0 aromatic heterocycles. The minimum absolute atomic E-state index is 0. The molecule has 0 unspecified atom stereocenters. The molecule has 1 N–H and O–H groups in total. The fraction of sp³-hybridized carbons (Fsp3) is 0.381. The largest absolute Gasteiger partial charge is 0.333 e. The molecule has 1 amide bonds. The van der Waals surface area contributed by atoms with Crippen LogP contribution in [-0.2, 0) is 13.1 Å². The van der Waals surface area contributed by atoms with Gasteiger partial charge in [-0.15, -0.1) is 12.4 Å². The molecule has 140 valence electrons. The Morgan fingerprint density at radius 1 is 1.12 bits per heavy atom. The van der Waals surface area contributed by atoms with E-state index in [1.165, 1.54) is 11.1 Å². The van der Waals surface area contributed by atoms with Gasteiger partial charge >= 0.3 is 0 Å². The summed E-state index contributed by atoms with van der Waals surface area (Å²) in [7, 11) is 2.11. The molecule has 0 bridgehead atoms. The first-order chi connectivity index (χ1) is 12.1. The van der Waals surface area contributed by atoms with Gasteiger partial charge in [-0.2, -0.15) is 0 Å². The van der Waals surface area contributed by atoms with E-state index in [0.717, 1.165) is 38.3 Å². The quantitative estimate of drug-likeness (QED) is 0.874. The van der Waals surface area contributed by atoms with Gasteiger partial charge in [0.25, 0.3) is 5.91 Å². The fourth-order valence-electron chi connectivity index (χ4n) is 3.37. The maximum atomic E-state index is 12.8. The lowest BCUT2D eigenvalue weighted by Crippen LogP contribution is -2.52. The minimum atomic E-state index is 0. The summed E-state index contributed by atoms with van der Waals surface area (Å²) in [6.07, 6.45) is 0. The fourth-order valence-corrected chi connectivity index (χ4v) is 3.37. The summed E-state index contributed by atoms with van der Waals surface area (Å²) in [5, 5.41) is 3.33. The number of piperazine rings is 1. The molecule has 1 heterocycles. The number of halogens is 1. The molecule has 2 aromatic carbocycles. The maximum absolute atomic E-state index is 12.8. The van der Waals surface area contributed by atoms with Crippen molar-refractivity contribution >= 4 is 18.3 Å². The van der Waals surface area contributed by atoms with Crippen molar-refractivity contribution in [2.24, 2.45) is 0 Å². The van der Waals surface area contributed by atoms with Gasteiger partial charge in [0, 0.05) is 44.3 Å². The van der Waals surface area contributed by atoms with Crippen molar-refractivity contribution < 1.29 is 4.79 Å². The summed E-state index contributed by atoms with van der Waals surface area (Å²) < 4.78 is 0. The van der Waals surface area contributed by atoms with E-state index in [1.807, 2.05) is 29.2 Å². The monoisotopic (exact) mass is 373 g/mol. The van der Waals surface area contributed by atoms with Gasteiger partial charge in [0.1, 0.15) is 0 Å². The van der Waals surface area contributed by atoms with Gasteiger partial charge in [0.05, 0.1) is 0 Å². The summed E-state index contributed by atoms with van der Waals surface area (Å²) in [5.41, 5.74) is 3.26. The first kappa shape index (κ1) is 20.4. The molecule has 2 aromatic rings. The SMILES string of the molecule is C[C@@H]1CNCCN1C(=O)c1cccc(CN(C)Cc2ccccc2)c1.Cl. The zero-order valence-electron chi connectivity index (χ0n) is 15.5. The molecule has 1 fully saturated rings. The third-order valence-electron chi connectivity index (χ3n) is 4.68. The first-order valence-corrected chi connectivity index (χ1v) is 8.96. The summed E-state index contributed by atoms with van der Waals surface area (Å²) in [6, 6.07) is 18.8. The van der Waals surface area contributed by atoms with Crippen LogP contribution in [0.5, 0.6) is 0 Å². The molecule has 1 aliphatic rings. The van der Waals surface area contributed by atoms with Crippen molar-refractivity contribution in [2.45, 2.75) is 26.1 Å². The Bertz CT molecular complexity index is 707. The van der Waals surface area contributed by atoms with E-state index in [9.17, 15) is 4.79 Å². The van der Waals surface area contributed by atoms with Crippen molar-refractivity contribution in [3.8, 4) is 0 Å². The van der Waals surface area contributed by atoms with Gasteiger partial charge in [0.15, 0.2) is 0 Å². The van der Waals surface area contributed by atoms with Crippen LogP contribution in [0.2, 0.25) is 0 Å². The highest BCUT2D eigenvalue weighted by molar-refractivity contribution is 5.94. The lowest BCUT2D eigenvalue weighted by atomic mass is 10.1. The van der Waals surface area contributed by atoms with E-state index >= 15 is 0 Å². The highest BCUT2D eigenvalue weighted by atomic mass is 35.5. The van der Waals surface area contributed by atoms with Gasteiger partial charge in [-0.05, 0) is 37.2 Å². The smallest absolute Gasteiger partial charge is 0.254 e. The van der Waals surface area contributed by atoms with Gasteiger partial charge in [-0.25, -0.2) is 0 Å². The van der Waals surface area contributed by atoms with E-state index in [-0.39, 0.29) is 24.4 Å². The second-order valence-corrected chi connectivity index (χ2v) is 6.91. The molecule has 1 saturated heterocycles. The Kier molecular flexibility index (Phi) is 7.64. The first-order valence-electron chi connectivity index (χ1n) is 8.96. The second kappa shape index (κ2) is 9.72. The molecule has 1 atom stereocenters. The third-order valence-corrected chi connectivity index (χ3v) is 4.68. The van der Waals surface area contributed by atoms with Gasteiger partial charge in [0.2, 0.25) is 0 Å². The van der Waals surface area contributed by atoms with E-state index in [0.29, 0.717) is 0 Å². The Morgan fingerprint density at radius 3 is 2.54 bits per heavy atom. The Morgan fingerprint density at radius 2 is 1.81 bits per heavy atom. The topological polar surface area (TPSA) is 35.6 Å². The van der Waals surface area contributed by atoms with Crippen LogP contribution in [0.1, 0.15) is 28.4 Å². The normalized spacial score (nSPS) is 17.0. The molecule has 0 saturated carbocycles. The van der Waals surface area contributed by atoms with Gasteiger partial charge in [-0.3, -0.25) is 9.69 Å². The Balaban J connectivity index is 0.00000243. The van der Waals surface area contributed by atoms with E-state index in [2.05, 4.69) is 54.5 Å². The summed E-state index contributed by atoms with van der Waals surface area (Å²) >= 11 is 0. The maximum Gasteiger partial charge on any atom is 0.254 e. The number of nitrogens with zero attached hydrogens (tertiary/aromatic N) is 2. The van der Waals surface area contributed by atoms with Crippen molar-refractivity contribution in [3.05, 3.63) is 71.3 Å². The zero-order chi connectivity index (χ0) is 17.6. The molecule has 5 heteroatoms. The number of carbonyl (C=O) groups is 1. The van der Waals surface area contributed by atoms with Crippen molar-refractivity contribution in [3.63, 3.8) is 0 Å². The van der Waals surface area contributed by atoms with Crippen LogP contribution in [-0.4, -0.2) is 48.4 Å². The number of nitrogens with one attached hydrogen (secondary N) is 1. The molecule has 0 aliphatic carbocycles. The number of hydrogen-bond acceptors (Lipinski definition) is 3. The van der Waals surface area contributed by atoms with Crippen LogP contribution in [0.25, 0.3) is 0 Å². The molecule has 26 heavy (non-hydrogen) atoms. The number of amides is 1. The highest BCUT2D eigenvalue weighted by Gasteiger charge is 2.24. The predicted octanol–water partition coefficient (Wildman–Crippen LogP) is 3.17. The number of hydrogen-bond donors (Lipinski definition) is 1. The predicted molar refractivity (Wildman–Crippen MR) is 109 cm³/mol. The van der Waals surface area contributed by atoms with Crippen LogP contribution < -0.4 is 5.32 Å². The summed E-state index contributed by atoms with van der Waals surface area (Å²) in [6.45, 7) is 6.33. The van der Waals surface area contributed by atoms with E-state index in [1.54, 1.807) is 0 Å². The number of benzene rings is 2. The van der Waals surface area contributed by atoms with Crippen molar-refractivity contribution in [1.29, 1.82) is 0 Å². The van der Waals surface area contributed by atoms with E-state index in [4.69, 9.17) is 0 Å². The standard InChI is InChI=1S/C21H27N3O.ClH/c1-17-14-22-11-12-24(17)21(25)20-10-6-9-19(13-20)16-23(2)15-18-7-4-3-5-8-18;/h3-10,13,17,22H,11-12,14-16H2,1-2H3;1H/t17-;/m1./s1. The van der Waals surface area contributed by atoms with E-state index < -0.39 is 0 Å². The van der Waals surface area contributed by atoms with Crippen molar-refractivity contribution in [2.75, 3.05) is 26.7 Å². The minimum Gasteiger partial charge on any atom is -0.333 e. The lowest BCUT2D eigenvalue weighted by molar-refractivity contribution is 0.0655. The molecular formula is C21H28ClN3O. The van der Waals surface area contributed by atoms with Crippen LogP contribution in [0, 0.1) is 0 Å². The number of rotatable bonds is 5. The molecule has 0 spiro atoms. The summed E-state index contributed by atoms with van der Waals surface area (Å²) in [4.78, 5) is 17.1. The van der Waals surface area contributed by atoms with Crippen LogP contribution in [0.15, 0.2) is 54.6 Å². The average Bonchev–Trinajstić information content (AvgIpc) is 2.62. The molecular weight excluding hydrogens is 346 g/mol. The van der Waals surface area contributed by atoms with Crippen molar-refractivity contribution in [1.82, 2.24) is 15.1 Å².